The molecule has 1 rings (SSSR count). The first-order chi connectivity index (χ1) is 5.66. The molecule has 0 atom stereocenters. The lowest BCUT2D eigenvalue weighted by atomic mass is 9.71. The normalized spacial score (nSPS) is 36.8. The van der Waals surface area contributed by atoms with Gasteiger partial charge in [-0.15, -0.1) is 0 Å². The highest BCUT2D eigenvalue weighted by Gasteiger charge is 2.28. The van der Waals surface area contributed by atoms with Gasteiger partial charge in [-0.1, -0.05) is 26.7 Å². The number of unbranched alkanes of at least 4 members (excludes halogenated alkanes) is 1. The highest BCUT2D eigenvalue weighted by molar-refractivity contribution is 4.83. The molecule has 0 bridgehead atoms. The molecule has 0 amide bonds. The molecule has 12 heavy (non-hydrogen) atoms. The van der Waals surface area contributed by atoms with E-state index in [0.29, 0.717) is 11.5 Å². The van der Waals surface area contributed by atoms with E-state index < -0.39 is 0 Å². The van der Waals surface area contributed by atoms with Gasteiger partial charge >= 0.3 is 0 Å². The Morgan fingerprint density at radius 2 is 1.92 bits per heavy atom. The van der Waals surface area contributed by atoms with E-state index in [1.54, 1.807) is 0 Å². The first kappa shape index (κ1) is 10.0. The number of nitrogens with two attached hydrogens (primary N) is 1. The second-order valence-corrected chi connectivity index (χ2v) is 4.75. The zero-order chi connectivity index (χ0) is 9.03. The van der Waals surface area contributed by atoms with E-state index in [1.807, 2.05) is 0 Å². The average Bonchev–Trinajstić information content (AvgIpc) is 2.08. The molecular weight excluding hydrogens is 146 g/mol. The Kier molecular flexibility index (Phi) is 3.57. The van der Waals surface area contributed by atoms with Crippen molar-refractivity contribution in [2.45, 2.75) is 64.8 Å². The zero-order valence-corrected chi connectivity index (χ0v) is 8.60. The third-order valence-corrected chi connectivity index (χ3v) is 3.37. The van der Waals surface area contributed by atoms with E-state index in [2.05, 4.69) is 13.8 Å². The quantitative estimate of drug-likeness (QED) is 0.690. The summed E-state index contributed by atoms with van der Waals surface area (Å²) in [7, 11) is 0. The second kappa shape index (κ2) is 4.27. The number of hydrogen-bond acceptors (Lipinski definition) is 1. The third-order valence-electron chi connectivity index (χ3n) is 3.37. The van der Waals surface area contributed by atoms with Crippen molar-refractivity contribution in [1.29, 1.82) is 0 Å². The Labute approximate surface area is 76.7 Å². The molecule has 2 N–H and O–H groups in total. The van der Waals surface area contributed by atoms with Gasteiger partial charge in [-0.05, 0) is 37.5 Å². The molecule has 0 aromatic carbocycles. The molecule has 0 aromatic heterocycles. The Bertz CT molecular complexity index is 117. The Balaban J connectivity index is 2.29. The molecule has 0 spiro atoms. The molecule has 0 heterocycles. The van der Waals surface area contributed by atoms with E-state index in [1.165, 1.54) is 44.9 Å². The van der Waals surface area contributed by atoms with Gasteiger partial charge in [-0.25, -0.2) is 0 Å². The third kappa shape index (κ3) is 2.78. The summed E-state index contributed by atoms with van der Waals surface area (Å²) in [6.07, 6.45) is 9.35. The van der Waals surface area contributed by atoms with Gasteiger partial charge in [0.1, 0.15) is 0 Å². The fraction of sp³-hybridized carbons (Fsp3) is 1.00. The fourth-order valence-electron chi connectivity index (χ4n) is 2.19. The van der Waals surface area contributed by atoms with Crippen molar-refractivity contribution in [3.63, 3.8) is 0 Å². The Morgan fingerprint density at radius 1 is 1.33 bits per heavy atom. The minimum absolute atomic E-state index is 0.500. The SMILES string of the molecule is CCCCC1(C)CCC(N)CC1. The lowest BCUT2D eigenvalue weighted by molar-refractivity contribution is 0.180. The lowest BCUT2D eigenvalue weighted by Gasteiger charge is -2.36. The highest BCUT2D eigenvalue weighted by Crippen LogP contribution is 2.39. The van der Waals surface area contributed by atoms with Gasteiger partial charge in [0.05, 0.1) is 0 Å². The first-order valence-electron chi connectivity index (χ1n) is 5.42. The van der Waals surface area contributed by atoms with Crippen molar-refractivity contribution in [1.82, 2.24) is 0 Å². The molecule has 1 heteroatoms. The lowest BCUT2D eigenvalue weighted by Crippen LogP contribution is -2.32. The molecular formula is C11H23N. The van der Waals surface area contributed by atoms with Crippen molar-refractivity contribution >= 4 is 0 Å². The first-order valence-corrected chi connectivity index (χ1v) is 5.42. The van der Waals surface area contributed by atoms with E-state index in [-0.39, 0.29) is 0 Å². The van der Waals surface area contributed by atoms with Gasteiger partial charge < -0.3 is 5.73 Å². The number of rotatable bonds is 3. The van der Waals surface area contributed by atoms with Crippen LogP contribution in [-0.4, -0.2) is 6.04 Å². The summed E-state index contributed by atoms with van der Waals surface area (Å²) in [6.45, 7) is 4.71. The van der Waals surface area contributed by atoms with Crippen molar-refractivity contribution in [2.24, 2.45) is 11.1 Å². The van der Waals surface area contributed by atoms with Crippen LogP contribution in [0.4, 0.5) is 0 Å². The van der Waals surface area contributed by atoms with Crippen LogP contribution in [0.25, 0.3) is 0 Å². The molecule has 1 aliphatic carbocycles. The summed E-state index contributed by atoms with van der Waals surface area (Å²) in [5.41, 5.74) is 6.52. The zero-order valence-electron chi connectivity index (χ0n) is 8.60. The predicted octanol–water partition coefficient (Wildman–Crippen LogP) is 3.08. The van der Waals surface area contributed by atoms with E-state index in [9.17, 15) is 0 Å². The van der Waals surface area contributed by atoms with Crippen LogP contribution in [0.15, 0.2) is 0 Å². The Morgan fingerprint density at radius 3 is 2.42 bits per heavy atom. The standard InChI is InChI=1S/C11H23N/c1-3-4-7-11(2)8-5-10(12)6-9-11/h10H,3-9,12H2,1-2H3. The van der Waals surface area contributed by atoms with Crippen LogP contribution in [0.3, 0.4) is 0 Å². The molecule has 0 aromatic rings. The van der Waals surface area contributed by atoms with Gasteiger partial charge in [0.2, 0.25) is 0 Å². The second-order valence-electron chi connectivity index (χ2n) is 4.75. The van der Waals surface area contributed by atoms with Crippen LogP contribution in [0.1, 0.15) is 58.8 Å². The smallest absolute Gasteiger partial charge is 0.00392 e. The van der Waals surface area contributed by atoms with Crippen molar-refractivity contribution in [2.75, 3.05) is 0 Å². The van der Waals surface area contributed by atoms with Crippen LogP contribution >= 0.6 is 0 Å². The van der Waals surface area contributed by atoms with Gasteiger partial charge in [-0.2, -0.15) is 0 Å². The molecule has 1 aliphatic rings. The molecule has 72 valence electrons. The monoisotopic (exact) mass is 169 g/mol. The fourth-order valence-corrected chi connectivity index (χ4v) is 2.19. The van der Waals surface area contributed by atoms with Crippen LogP contribution in [0, 0.1) is 5.41 Å². The Hall–Kier alpha value is -0.0400. The van der Waals surface area contributed by atoms with E-state index >= 15 is 0 Å². The van der Waals surface area contributed by atoms with E-state index in [0.717, 1.165) is 0 Å². The topological polar surface area (TPSA) is 26.0 Å². The maximum atomic E-state index is 5.88. The summed E-state index contributed by atoms with van der Waals surface area (Å²) in [5.74, 6) is 0. The van der Waals surface area contributed by atoms with Gasteiger partial charge in [0, 0.05) is 6.04 Å². The minimum atomic E-state index is 0.500. The van der Waals surface area contributed by atoms with Crippen LogP contribution in [0.5, 0.6) is 0 Å². The van der Waals surface area contributed by atoms with Crippen LogP contribution < -0.4 is 5.73 Å². The van der Waals surface area contributed by atoms with E-state index in [4.69, 9.17) is 5.73 Å². The van der Waals surface area contributed by atoms with Crippen molar-refractivity contribution in [3.05, 3.63) is 0 Å². The molecule has 1 saturated carbocycles. The van der Waals surface area contributed by atoms with Gasteiger partial charge in [0.15, 0.2) is 0 Å². The summed E-state index contributed by atoms with van der Waals surface area (Å²) in [6, 6.07) is 0.500. The summed E-state index contributed by atoms with van der Waals surface area (Å²) in [4.78, 5) is 0. The van der Waals surface area contributed by atoms with Crippen LogP contribution in [-0.2, 0) is 0 Å². The molecule has 0 aliphatic heterocycles. The molecule has 0 saturated heterocycles. The van der Waals surface area contributed by atoms with Crippen LogP contribution in [0.2, 0.25) is 0 Å². The van der Waals surface area contributed by atoms with Gasteiger partial charge in [0.25, 0.3) is 0 Å². The molecule has 0 radical (unpaired) electrons. The molecule has 1 nitrogen and oxygen atoms in total. The van der Waals surface area contributed by atoms with Crippen molar-refractivity contribution < 1.29 is 0 Å². The summed E-state index contributed by atoms with van der Waals surface area (Å²) < 4.78 is 0. The maximum Gasteiger partial charge on any atom is 0.00392 e. The summed E-state index contributed by atoms with van der Waals surface area (Å²) in [5, 5.41) is 0. The largest absolute Gasteiger partial charge is 0.328 e. The predicted molar refractivity (Wildman–Crippen MR) is 54.1 cm³/mol. The summed E-state index contributed by atoms with van der Waals surface area (Å²) >= 11 is 0. The van der Waals surface area contributed by atoms with Gasteiger partial charge in [-0.3, -0.25) is 0 Å². The highest BCUT2D eigenvalue weighted by atomic mass is 14.6. The van der Waals surface area contributed by atoms with Crippen molar-refractivity contribution in [3.8, 4) is 0 Å². The molecule has 0 unspecified atom stereocenters. The number of hydrogen-bond donors (Lipinski definition) is 1. The minimum Gasteiger partial charge on any atom is -0.328 e. The average molecular weight is 169 g/mol. The molecule has 1 fully saturated rings. The maximum absolute atomic E-state index is 5.88.